The van der Waals surface area contributed by atoms with Crippen LogP contribution in [-0.2, 0) is 4.74 Å². The number of piperazine rings is 1. The highest BCUT2D eigenvalue weighted by Crippen LogP contribution is 2.28. The summed E-state index contributed by atoms with van der Waals surface area (Å²) in [4.78, 5) is 35.8. The van der Waals surface area contributed by atoms with Gasteiger partial charge in [-0.15, -0.1) is 0 Å². The van der Waals surface area contributed by atoms with Gasteiger partial charge in [-0.25, -0.2) is 19.6 Å². The minimum Gasteiger partial charge on any atom is -0.465 e. The minimum absolute atomic E-state index is 0.395. The first-order valence-electron chi connectivity index (χ1n) is 11.3. The first-order chi connectivity index (χ1) is 16.0. The average molecular weight is 455 g/mol. The molecule has 10 nitrogen and oxygen atoms in total. The van der Waals surface area contributed by atoms with Gasteiger partial charge in [0.05, 0.1) is 12.8 Å². The number of ether oxygens (including phenoxy) is 1. The Morgan fingerprint density at radius 3 is 2.55 bits per heavy atom. The molecular weight excluding hydrogens is 424 g/mol. The van der Waals surface area contributed by atoms with Crippen LogP contribution in [0.4, 0.5) is 26.9 Å². The molecule has 2 aromatic heterocycles. The molecule has 1 saturated heterocycles. The molecule has 2 aliphatic rings. The number of amides is 2. The van der Waals surface area contributed by atoms with Crippen molar-refractivity contribution >= 4 is 29.5 Å². The lowest BCUT2D eigenvalue weighted by molar-refractivity contribution is 0.142. The number of aromatic nitrogens is 2. The van der Waals surface area contributed by atoms with Crippen LogP contribution in [0.15, 0.2) is 30.5 Å². The number of hydrogen-bond acceptors (Lipinski definition) is 7. The van der Waals surface area contributed by atoms with Crippen LogP contribution in [-0.4, -0.2) is 71.5 Å². The Balaban J connectivity index is 1.59. The summed E-state index contributed by atoms with van der Waals surface area (Å²) in [5, 5.41) is 15.5. The van der Waals surface area contributed by atoms with Gasteiger partial charge in [-0.05, 0) is 31.0 Å². The van der Waals surface area contributed by atoms with Gasteiger partial charge in [0.2, 0.25) is 0 Å². The number of anilines is 3. The van der Waals surface area contributed by atoms with E-state index in [1.807, 2.05) is 17.0 Å². The van der Waals surface area contributed by atoms with E-state index in [4.69, 9.17) is 9.72 Å². The van der Waals surface area contributed by atoms with E-state index < -0.39 is 12.2 Å². The number of methoxy groups -OCH3 is 1. The molecule has 33 heavy (non-hydrogen) atoms. The van der Waals surface area contributed by atoms with E-state index in [1.165, 1.54) is 31.3 Å². The molecule has 10 heteroatoms. The molecule has 1 saturated carbocycles. The van der Waals surface area contributed by atoms with Crippen LogP contribution in [0.3, 0.4) is 0 Å². The van der Waals surface area contributed by atoms with Gasteiger partial charge >= 0.3 is 12.2 Å². The van der Waals surface area contributed by atoms with Crippen molar-refractivity contribution in [3.05, 3.63) is 30.5 Å². The summed E-state index contributed by atoms with van der Waals surface area (Å²) in [7, 11) is 1.32. The monoisotopic (exact) mass is 454 g/mol. The molecule has 0 aromatic carbocycles. The lowest BCUT2D eigenvalue weighted by Crippen LogP contribution is -2.48. The Morgan fingerprint density at radius 2 is 1.85 bits per heavy atom. The molecule has 1 aliphatic heterocycles. The smallest absolute Gasteiger partial charge is 0.411 e. The van der Waals surface area contributed by atoms with E-state index in [9.17, 15) is 14.7 Å². The van der Waals surface area contributed by atoms with Crippen molar-refractivity contribution in [2.24, 2.45) is 0 Å². The third-order valence-corrected chi connectivity index (χ3v) is 6.13. The van der Waals surface area contributed by atoms with Gasteiger partial charge in [-0.3, -0.25) is 5.32 Å². The minimum atomic E-state index is -0.917. The summed E-state index contributed by atoms with van der Waals surface area (Å²) in [5.41, 5.74) is 2.12. The van der Waals surface area contributed by atoms with Crippen molar-refractivity contribution < 1.29 is 19.4 Å². The molecule has 0 spiro atoms. The third-order valence-electron chi connectivity index (χ3n) is 6.13. The summed E-state index contributed by atoms with van der Waals surface area (Å²) in [6.45, 7) is 1.83. The Labute approximate surface area is 193 Å². The molecule has 2 amide bonds. The predicted octanol–water partition coefficient (Wildman–Crippen LogP) is 3.87. The van der Waals surface area contributed by atoms with E-state index in [2.05, 4.69) is 15.6 Å². The lowest BCUT2D eigenvalue weighted by Gasteiger charge is -2.34. The maximum absolute atomic E-state index is 11.9. The number of carbonyl (C=O) groups is 2. The van der Waals surface area contributed by atoms with Crippen molar-refractivity contribution in [3.63, 3.8) is 0 Å². The third kappa shape index (κ3) is 5.82. The first kappa shape index (κ1) is 22.6. The predicted molar refractivity (Wildman–Crippen MR) is 126 cm³/mol. The fourth-order valence-corrected chi connectivity index (χ4v) is 4.32. The first-order valence-corrected chi connectivity index (χ1v) is 11.3. The molecule has 3 N–H and O–H groups in total. The van der Waals surface area contributed by atoms with Crippen LogP contribution in [0.25, 0.3) is 11.3 Å². The zero-order valence-corrected chi connectivity index (χ0v) is 18.8. The van der Waals surface area contributed by atoms with Crippen LogP contribution in [0.5, 0.6) is 0 Å². The summed E-state index contributed by atoms with van der Waals surface area (Å²) < 4.78 is 4.75. The number of pyridine rings is 2. The van der Waals surface area contributed by atoms with Crippen molar-refractivity contribution in [1.82, 2.24) is 14.9 Å². The summed E-state index contributed by atoms with van der Waals surface area (Å²) >= 11 is 0. The fraction of sp³-hybridized carbons (Fsp3) is 0.478. The highest BCUT2D eigenvalue weighted by atomic mass is 16.5. The quantitative estimate of drug-likeness (QED) is 0.623. The molecule has 0 radical (unpaired) electrons. The molecule has 0 bridgehead atoms. The van der Waals surface area contributed by atoms with Gasteiger partial charge in [-0.1, -0.05) is 19.3 Å². The highest BCUT2D eigenvalue weighted by Gasteiger charge is 2.22. The summed E-state index contributed by atoms with van der Waals surface area (Å²) in [6, 6.07) is 7.88. The molecular formula is C23H30N6O4. The zero-order valence-electron chi connectivity index (χ0n) is 18.8. The van der Waals surface area contributed by atoms with E-state index in [0.29, 0.717) is 49.4 Å². The maximum Gasteiger partial charge on any atom is 0.411 e. The number of nitrogens with one attached hydrogen (secondary N) is 2. The molecule has 3 heterocycles. The molecule has 2 fully saturated rings. The molecule has 2 aromatic rings. The number of nitrogens with zero attached hydrogens (tertiary/aromatic N) is 4. The number of rotatable bonds is 5. The fourth-order valence-electron chi connectivity index (χ4n) is 4.32. The second kappa shape index (κ2) is 10.4. The van der Waals surface area contributed by atoms with Gasteiger partial charge in [0, 0.05) is 55.7 Å². The summed E-state index contributed by atoms with van der Waals surface area (Å²) in [6.07, 6.45) is 6.33. The van der Waals surface area contributed by atoms with E-state index >= 15 is 0 Å². The Bertz CT molecular complexity index is 987. The second-order valence-corrected chi connectivity index (χ2v) is 8.38. The van der Waals surface area contributed by atoms with E-state index in [-0.39, 0.29) is 0 Å². The number of hydrogen-bond donors (Lipinski definition) is 3. The number of carboxylic acid groups (broad SMARTS) is 1. The summed E-state index contributed by atoms with van der Waals surface area (Å²) in [5.74, 6) is 1.48. The molecule has 0 atom stereocenters. The van der Waals surface area contributed by atoms with Crippen molar-refractivity contribution in [1.29, 1.82) is 0 Å². The Hall–Kier alpha value is -3.56. The van der Waals surface area contributed by atoms with E-state index in [0.717, 1.165) is 24.2 Å². The lowest BCUT2D eigenvalue weighted by atomic mass is 9.95. The van der Waals surface area contributed by atoms with Crippen LogP contribution in [0.1, 0.15) is 32.1 Å². The maximum atomic E-state index is 11.9. The van der Waals surface area contributed by atoms with Gasteiger partial charge in [0.1, 0.15) is 11.6 Å². The van der Waals surface area contributed by atoms with Gasteiger partial charge in [0.25, 0.3) is 0 Å². The van der Waals surface area contributed by atoms with Gasteiger partial charge in [0.15, 0.2) is 0 Å². The van der Waals surface area contributed by atoms with Crippen molar-refractivity contribution in [2.75, 3.05) is 48.8 Å². The molecule has 0 unspecified atom stereocenters. The van der Waals surface area contributed by atoms with E-state index in [1.54, 1.807) is 18.3 Å². The van der Waals surface area contributed by atoms with Gasteiger partial charge in [-0.2, -0.15) is 0 Å². The van der Waals surface area contributed by atoms with Crippen molar-refractivity contribution in [2.45, 2.75) is 38.1 Å². The molecule has 1 aliphatic carbocycles. The van der Waals surface area contributed by atoms with Crippen molar-refractivity contribution in [3.8, 4) is 11.3 Å². The zero-order chi connectivity index (χ0) is 23.2. The Morgan fingerprint density at radius 1 is 1.09 bits per heavy atom. The number of carbonyl (C=O) groups excluding carboxylic acids is 1. The molecule has 176 valence electrons. The highest BCUT2D eigenvalue weighted by molar-refractivity contribution is 5.86. The van der Waals surface area contributed by atoms with Crippen LogP contribution in [0, 0.1) is 0 Å². The van der Waals surface area contributed by atoms with Crippen LogP contribution >= 0.6 is 0 Å². The SMILES string of the molecule is COC(=O)Nc1cc(-c2ccnc(NC3CCCCC3)c2)nc(N2CCN(C(=O)O)CC2)c1. The topological polar surface area (TPSA) is 120 Å². The molecule has 4 rings (SSSR count). The Kier molecular flexibility index (Phi) is 7.11. The average Bonchev–Trinajstić information content (AvgIpc) is 2.84. The van der Waals surface area contributed by atoms with Gasteiger partial charge < -0.3 is 25.0 Å². The standard InChI is InChI=1S/C23H30N6O4/c1-33-22(30)26-18-14-19(27-21(15-18)28-9-11-29(12-10-28)23(31)32)16-7-8-24-20(13-16)25-17-5-3-2-4-6-17/h7-8,13-15,17H,2-6,9-12H2,1H3,(H,24,25)(H,31,32)(H,26,27,30). The van der Waals surface area contributed by atoms with Crippen LogP contribution in [0.2, 0.25) is 0 Å². The second-order valence-electron chi connectivity index (χ2n) is 8.38. The normalized spacial score (nSPS) is 16.9. The largest absolute Gasteiger partial charge is 0.465 e. The van der Waals surface area contributed by atoms with Crippen LogP contribution < -0.4 is 15.5 Å².